The maximum atomic E-state index is 12.2. The number of imide groups is 1. The molecule has 6 heteroatoms. The van der Waals surface area contributed by atoms with E-state index in [1.807, 2.05) is 13.8 Å². The van der Waals surface area contributed by atoms with Crippen molar-refractivity contribution in [3.63, 3.8) is 0 Å². The summed E-state index contributed by atoms with van der Waals surface area (Å²) in [6, 6.07) is 0. The molecule has 1 saturated carbocycles. The van der Waals surface area contributed by atoms with E-state index in [2.05, 4.69) is 0 Å². The minimum absolute atomic E-state index is 0.0318. The summed E-state index contributed by atoms with van der Waals surface area (Å²) in [5.74, 6) is -1.76. The number of nitrogens with zero attached hydrogens (tertiary/aromatic N) is 2. The summed E-state index contributed by atoms with van der Waals surface area (Å²) in [5.41, 5.74) is 0. The second kappa shape index (κ2) is 5.73. The number of amides is 3. The van der Waals surface area contributed by atoms with Crippen LogP contribution in [0.5, 0.6) is 0 Å². The Balaban J connectivity index is 2.09. The van der Waals surface area contributed by atoms with Crippen LogP contribution in [0.15, 0.2) is 0 Å². The zero-order chi connectivity index (χ0) is 14.9. The molecule has 3 amide bonds. The van der Waals surface area contributed by atoms with Crippen LogP contribution in [0.2, 0.25) is 0 Å². The topological polar surface area (TPSA) is 74.8 Å². The first-order valence-electron chi connectivity index (χ1n) is 7.14. The van der Waals surface area contributed by atoms with Gasteiger partial charge in [0.05, 0.1) is 11.8 Å². The summed E-state index contributed by atoms with van der Waals surface area (Å²) < 4.78 is 0. The van der Waals surface area contributed by atoms with Crippen molar-refractivity contribution < 1.29 is 19.2 Å². The molecule has 0 bridgehead atoms. The Bertz CT molecular complexity index is 456. The molecule has 20 heavy (non-hydrogen) atoms. The summed E-state index contributed by atoms with van der Waals surface area (Å²) in [4.78, 5) is 50.5. The number of ketones is 1. The summed E-state index contributed by atoms with van der Waals surface area (Å²) in [5, 5.41) is 0. The fourth-order valence-corrected chi connectivity index (χ4v) is 3.04. The fourth-order valence-electron chi connectivity index (χ4n) is 3.04. The predicted molar refractivity (Wildman–Crippen MR) is 70.5 cm³/mol. The SMILES string of the molecule is CCN(CC)C(=O)CN1C(=O)[C@H]2CCC(=O)C[C@@H]2C1=O. The quantitative estimate of drug-likeness (QED) is 0.690. The predicted octanol–water partition coefficient (Wildman–Crippen LogP) is 0.209. The molecule has 0 spiro atoms. The molecule has 1 aliphatic carbocycles. The first kappa shape index (κ1) is 14.7. The van der Waals surface area contributed by atoms with Gasteiger partial charge in [0.15, 0.2) is 0 Å². The molecular weight excluding hydrogens is 260 g/mol. The lowest BCUT2D eigenvalue weighted by atomic mass is 9.80. The normalized spacial score (nSPS) is 25.9. The van der Waals surface area contributed by atoms with Crippen LogP contribution in [0.3, 0.4) is 0 Å². The number of hydrogen-bond donors (Lipinski definition) is 0. The van der Waals surface area contributed by atoms with E-state index in [1.54, 1.807) is 4.90 Å². The molecule has 0 aromatic rings. The van der Waals surface area contributed by atoms with E-state index < -0.39 is 11.8 Å². The number of Topliss-reactive ketones (excluding diaryl/α,β-unsaturated/α-hetero) is 1. The van der Waals surface area contributed by atoms with Gasteiger partial charge in [-0.1, -0.05) is 0 Å². The van der Waals surface area contributed by atoms with Gasteiger partial charge in [0.2, 0.25) is 17.7 Å². The van der Waals surface area contributed by atoms with Crippen molar-refractivity contribution in [3.8, 4) is 0 Å². The number of likely N-dealkylation sites (N-methyl/N-ethyl adjacent to an activating group) is 1. The van der Waals surface area contributed by atoms with Crippen LogP contribution in [0.1, 0.15) is 33.1 Å². The summed E-state index contributed by atoms with van der Waals surface area (Å²) >= 11 is 0. The van der Waals surface area contributed by atoms with Crippen molar-refractivity contribution in [2.24, 2.45) is 11.8 Å². The molecule has 0 N–H and O–H groups in total. The number of carbonyl (C=O) groups excluding carboxylic acids is 4. The number of rotatable bonds is 4. The van der Waals surface area contributed by atoms with Crippen LogP contribution in [-0.4, -0.2) is 52.9 Å². The summed E-state index contributed by atoms with van der Waals surface area (Å²) in [6.45, 7) is 4.62. The summed E-state index contributed by atoms with van der Waals surface area (Å²) in [6.07, 6.45) is 0.938. The Hall–Kier alpha value is -1.72. The molecule has 0 radical (unpaired) electrons. The Morgan fingerprint density at radius 3 is 2.35 bits per heavy atom. The molecule has 0 unspecified atom stereocenters. The van der Waals surface area contributed by atoms with E-state index in [0.29, 0.717) is 25.9 Å². The Labute approximate surface area is 118 Å². The van der Waals surface area contributed by atoms with E-state index in [9.17, 15) is 19.2 Å². The molecule has 2 rings (SSSR count). The number of carbonyl (C=O) groups is 4. The molecule has 0 aromatic heterocycles. The van der Waals surface area contributed by atoms with Crippen molar-refractivity contribution in [2.45, 2.75) is 33.1 Å². The molecule has 0 aromatic carbocycles. The minimum atomic E-state index is -0.534. The largest absolute Gasteiger partial charge is 0.342 e. The van der Waals surface area contributed by atoms with Gasteiger partial charge in [0.1, 0.15) is 12.3 Å². The average molecular weight is 280 g/mol. The monoisotopic (exact) mass is 280 g/mol. The first-order valence-corrected chi connectivity index (χ1v) is 7.14. The molecule has 1 saturated heterocycles. The van der Waals surface area contributed by atoms with Gasteiger partial charge in [-0.2, -0.15) is 0 Å². The highest BCUT2D eigenvalue weighted by molar-refractivity contribution is 6.09. The number of hydrogen-bond acceptors (Lipinski definition) is 4. The van der Waals surface area contributed by atoms with Gasteiger partial charge in [-0.25, -0.2) is 0 Å². The van der Waals surface area contributed by atoms with Crippen molar-refractivity contribution in [1.82, 2.24) is 9.80 Å². The Morgan fingerprint density at radius 2 is 1.75 bits per heavy atom. The van der Waals surface area contributed by atoms with Crippen LogP contribution >= 0.6 is 0 Å². The third kappa shape index (κ3) is 2.46. The van der Waals surface area contributed by atoms with Gasteiger partial charge in [-0.3, -0.25) is 24.1 Å². The lowest BCUT2D eigenvalue weighted by Crippen LogP contribution is -2.43. The van der Waals surface area contributed by atoms with Crippen molar-refractivity contribution in [2.75, 3.05) is 19.6 Å². The highest BCUT2D eigenvalue weighted by Gasteiger charge is 2.50. The first-order chi connectivity index (χ1) is 9.49. The fraction of sp³-hybridized carbons (Fsp3) is 0.714. The molecular formula is C14H20N2O4. The molecule has 110 valence electrons. The molecule has 2 fully saturated rings. The van der Waals surface area contributed by atoms with Crippen LogP contribution in [0.4, 0.5) is 0 Å². The van der Waals surface area contributed by atoms with Crippen molar-refractivity contribution in [1.29, 1.82) is 0 Å². The number of likely N-dealkylation sites (tertiary alicyclic amines) is 1. The molecule has 1 heterocycles. The van der Waals surface area contributed by atoms with Gasteiger partial charge in [-0.05, 0) is 20.3 Å². The maximum Gasteiger partial charge on any atom is 0.242 e. The van der Waals surface area contributed by atoms with Crippen molar-refractivity contribution >= 4 is 23.5 Å². The zero-order valence-corrected chi connectivity index (χ0v) is 11.9. The van der Waals surface area contributed by atoms with Gasteiger partial charge in [-0.15, -0.1) is 0 Å². The Kier molecular flexibility index (Phi) is 4.20. The van der Waals surface area contributed by atoms with Crippen molar-refractivity contribution in [3.05, 3.63) is 0 Å². The molecule has 1 aliphatic heterocycles. The van der Waals surface area contributed by atoms with E-state index in [0.717, 1.165) is 4.90 Å². The van der Waals surface area contributed by atoms with E-state index in [1.165, 1.54) is 0 Å². The smallest absolute Gasteiger partial charge is 0.242 e. The third-order valence-electron chi connectivity index (χ3n) is 4.24. The third-order valence-corrected chi connectivity index (χ3v) is 4.24. The highest BCUT2D eigenvalue weighted by Crippen LogP contribution is 2.36. The minimum Gasteiger partial charge on any atom is -0.342 e. The lowest BCUT2D eigenvalue weighted by molar-refractivity contribution is -0.146. The lowest BCUT2D eigenvalue weighted by Gasteiger charge is -2.22. The molecule has 2 atom stereocenters. The average Bonchev–Trinajstić information content (AvgIpc) is 2.65. The highest BCUT2D eigenvalue weighted by atomic mass is 16.2. The number of fused-ring (bicyclic) bond motifs is 1. The van der Waals surface area contributed by atoms with E-state index >= 15 is 0 Å². The van der Waals surface area contributed by atoms with Gasteiger partial charge in [0.25, 0.3) is 0 Å². The van der Waals surface area contributed by atoms with Crippen LogP contribution in [0, 0.1) is 11.8 Å². The Morgan fingerprint density at radius 1 is 1.15 bits per heavy atom. The standard InChI is InChI=1S/C14H20N2O4/c1-3-15(4-2)12(18)8-16-13(19)10-6-5-9(17)7-11(10)14(16)20/h10-11H,3-8H2,1-2H3/t10-,11-/m0/s1. The zero-order valence-electron chi connectivity index (χ0n) is 11.9. The second-order valence-corrected chi connectivity index (χ2v) is 5.32. The van der Waals surface area contributed by atoms with Gasteiger partial charge >= 0.3 is 0 Å². The van der Waals surface area contributed by atoms with Crippen LogP contribution in [0.25, 0.3) is 0 Å². The van der Waals surface area contributed by atoms with Gasteiger partial charge in [0, 0.05) is 25.9 Å². The van der Waals surface area contributed by atoms with Crippen LogP contribution in [-0.2, 0) is 19.2 Å². The van der Waals surface area contributed by atoms with E-state index in [4.69, 9.17) is 0 Å². The summed E-state index contributed by atoms with van der Waals surface area (Å²) in [7, 11) is 0. The van der Waals surface area contributed by atoms with Gasteiger partial charge < -0.3 is 4.90 Å². The second-order valence-electron chi connectivity index (χ2n) is 5.32. The van der Waals surface area contributed by atoms with E-state index in [-0.39, 0.29) is 36.5 Å². The molecule has 2 aliphatic rings. The van der Waals surface area contributed by atoms with Crippen LogP contribution < -0.4 is 0 Å². The maximum absolute atomic E-state index is 12.2. The molecule has 6 nitrogen and oxygen atoms in total.